The molecule has 2 aromatic rings. The molecule has 2 N–H and O–H groups in total. The number of hydrogen-bond acceptors (Lipinski definition) is 2. The Morgan fingerprint density at radius 3 is 3.04 bits per heavy atom. The summed E-state index contributed by atoms with van der Waals surface area (Å²) in [6.45, 7) is 9.26. The van der Waals surface area contributed by atoms with Crippen molar-refractivity contribution in [3.63, 3.8) is 0 Å². The number of rotatable bonds is 7. The summed E-state index contributed by atoms with van der Waals surface area (Å²) in [4.78, 5) is 10.3. The van der Waals surface area contributed by atoms with Gasteiger partial charge in [-0.15, -0.1) is 24.0 Å². The van der Waals surface area contributed by atoms with Gasteiger partial charge >= 0.3 is 0 Å². The minimum absolute atomic E-state index is 0. The molecule has 1 unspecified atom stereocenters. The molecule has 1 aliphatic rings. The standard InChI is InChI=1S/C20H29FN4O.HI/c1-3-22-20(25-10-8-15(13-25)14-26-4-2)23-9-7-16-12-24-19-6-5-17(21)11-18(16)19;/h5-6,11-12,15,24H,3-4,7-10,13-14H2,1-2H3,(H,22,23);1H. The fourth-order valence-corrected chi connectivity index (χ4v) is 3.51. The lowest BCUT2D eigenvalue weighted by molar-refractivity contribution is 0.114. The molecule has 1 aromatic heterocycles. The van der Waals surface area contributed by atoms with Crippen LogP contribution in [-0.4, -0.2) is 55.2 Å². The van der Waals surface area contributed by atoms with E-state index in [0.29, 0.717) is 12.5 Å². The first-order chi connectivity index (χ1) is 12.7. The summed E-state index contributed by atoms with van der Waals surface area (Å²) >= 11 is 0. The highest BCUT2D eigenvalue weighted by molar-refractivity contribution is 14.0. The Kier molecular flexibility index (Phi) is 8.82. The highest BCUT2D eigenvalue weighted by Gasteiger charge is 2.24. The summed E-state index contributed by atoms with van der Waals surface area (Å²) in [6.07, 6.45) is 3.89. The van der Waals surface area contributed by atoms with Crippen LogP contribution >= 0.6 is 24.0 Å². The van der Waals surface area contributed by atoms with Crippen LogP contribution in [0, 0.1) is 11.7 Å². The maximum absolute atomic E-state index is 13.5. The molecule has 0 saturated carbocycles. The van der Waals surface area contributed by atoms with E-state index >= 15 is 0 Å². The van der Waals surface area contributed by atoms with Crippen LogP contribution < -0.4 is 5.32 Å². The van der Waals surface area contributed by atoms with E-state index in [9.17, 15) is 4.39 Å². The van der Waals surface area contributed by atoms with E-state index in [1.165, 1.54) is 6.07 Å². The van der Waals surface area contributed by atoms with E-state index in [4.69, 9.17) is 9.73 Å². The van der Waals surface area contributed by atoms with Crippen molar-refractivity contribution in [2.75, 3.05) is 39.4 Å². The van der Waals surface area contributed by atoms with Crippen molar-refractivity contribution in [3.8, 4) is 0 Å². The Balaban J connectivity index is 0.00000261. The lowest BCUT2D eigenvalue weighted by atomic mass is 10.1. The quantitative estimate of drug-likeness (QED) is 0.354. The average Bonchev–Trinajstić information content (AvgIpc) is 3.26. The van der Waals surface area contributed by atoms with Gasteiger partial charge in [0, 0.05) is 55.8 Å². The van der Waals surface area contributed by atoms with Crippen LogP contribution in [0.1, 0.15) is 25.8 Å². The predicted molar refractivity (Wildman–Crippen MR) is 120 cm³/mol. The SMILES string of the molecule is CCNC(=NCCc1c[nH]c2ccc(F)cc12)N1CCC(COCC)C1.I. The van der Waals surface area contributed by atoms with Crippen LogP contribution in [0.4, 0.5) is 4.39 Å². The molecule has 0 aliphatic carbocycles. The van der Waals surface area contributed by atoms with E-state index < -0.39 is 0 Å². The lowest BCUT2D eigenvalue weighted by Gasteiger charge is -2.21. The number of benzene rings is 1. The number of nitrogens with zero attached hydrogens (tertiary/aromatic N) is 2. The summed E-state index contributed by atoms with van der Waals surface area (Å²) in [7, 11) is 0. The third kappa shape index (κ3) is 5.81. The number of aromatic amines is 1. The molecule has 1 aliphatic heterocycles. The molecule has 7 heteroatoms. The van der Waals surface area contributed by atoms with Crippen molar-refractivity contribution in [3.05, 3.63) is 35.8 Å². The maximum atomic E-state index is 13.5. The molecule has 150 valence electrons. The molecule has 27 heavy (non-hydrogen) atoms. The van der Waals surface area contributed by atoms with E-state index in [0.717, 1.165) is 68.1 Å². The first-order valence-corrected chi connectivity index (χ1v) is 9.57. The Morgan fingerprint density at radius 2 is 2.26 bits per heavy atom. The van der Waals surface area contributed by atoms with Crippen LogP contribution in [0.25, 0.3) is 10.9 Å². The fraction of sp³-hybridized carbons (Fsp3) is 0.550. The van der Waals surface area contributed by atoms with Crippen LogP contribution in [0.5, 0.6) is 0 Å². The van der Waals surface area contributed by atoms with Gasteiger partial charge in [-0.1, -0.05) is 0 Å². The van der Waals surface area contributed by atoms with Crippen LogP contribution in [-0.2, 0) is 11.2 Å². The molecule has 0 radical (unpaired) electrons. The van der Waals surface area contributed by atoms with Crippen LogP contribution in [0.15, 0.2) is 29.4 Å². The maximum Gasteiger partial charge on any atom is 0.193 e. The highest BCUT2D eigenvalue weighted by atomic mass is 127. The van der Waals surface area contributed by atoms with Gasteiger partial charge in [-0.05, 0) is 50.5 Å². The second-order valence-corrected chi connectivity index (χ2v) is 6.75. The third-order valence-electron chi connectivity index (χ3n) is 4.85. The number of aliphatic imine (C=N–C) groups is 1. The summed E-state index contributed by atoms with van der Waals surface area (Å²) < 4.78 is 19.1. The zero-order valence-electron chi connectivity index (χ0n) is 16.1. The third-order valence-corrected chi connectivity index (χ3v) is 4.85. The number of nitrogens with one attached hydrogen (secondary N) is 2. The summed E-state index contributed by atoms with van der Waals surface area (Å²) in [6, 6.07) is 4.86. The van der Waals surface area contributed by atoms with Crippen LogP contribution in [0.3, 0.4) is 0 Å². The van der Waals surface area contributed by atoms with Gasteiger partial charge in [0.2, 0.25) is 0 Å². The molecule has 2 heterocycles. The second-order valence-electron chi connectivity index (χ2n) is 6.75. The van der Waals surface area contributed by atoms with E-state index in [-0.39, 0.29) is 29.8 Å². The van der Waals surface area contributed by atoms with Gasteiger partial charge in [-0.2, -0.15) is 0 Å². The molecule has 0 bridgehead atoms. The molecule has 0 amide bonds. The highest BCUT2D eigenvalue weighted by Crippen LogP contribution is 2.20. The number of likely N-dealkylation sites (tertiary alicyclic amines) is 1. The van der Waals surface area contributed by atoms with Gasteiger partial charge in [-0.25, -0.2) is 4.39 Å². The van der Waals surface area contributed by atoms with Crippen molar-refractivity contribution in [1.29, 1.82) is 0 Å². The number of ether oxygens (including phenoxy) is 1. The number of H-pyrrole nitrogens is 1. The molecular formula is C20H30FIN4O. The Morgan fingerprint density at radius 1 is 1.41 bits per heavy atom. The van der Waals surface area contributed by atoms with Crippen molar-refractivity contribution in [1.82, 2.24) is 15.2 Å². The number of fused-ring (bicyclic) bond motifs is 1. The molecule has 3 rings (SSSR count). The molecule has 1 fully saturated rings. The molecule has 5 nitrogen and oxygen atoms in total. The van der Waals surface area contributed by atoms with Gasteiger partial charge in [0.05, 0.1) is 6.61 Å². The molecule has 1 aromatic carbocycles. The normalized spacial score (nSPS) is 17.4. The molecule has 0 spiro atoms. The van der Waals surface area contributed by atoms with Gasteiger partial charge < -0.3 is 19.9 Å². The van der Waals surface area contributed by atoms with Crippen molar-refractivity contribution in [2.24, 2.45) is 10.9 Å². The number of hydrogen-bond donors (Lipinski definition) is 2. The minimum Gasteiger partial charge on any atom is -0.381 e. The predicted octanol–water partition coefficient (Wildman–Crippen LogP) is 3.79. The first-order valence-electron chi connectivity index (χ1n) is 9.57. The van der Waals surface area contributed by atoms with Crippen molar-refractivity contribution in [2.45, 2.75) is 26.7 Å². The Bertz CT molecular complexity index is 749. The van der Waals surface area contributed by atoms with Crippen molar-refractivity contribution >= 4 is 40.8 Å². The first kappa shape index (κ1) is 21.9. The minimum atomic E-state index is -0.201. The summed E-state index contributed by atoms with van der Waals surface area (Å²) in [5, 5.41) is 4.34. The number of aromatic nitrogens is 1. The van der Waals surface area contributed by atoms with Gasteiger partial charge in [-0.3, -0.25) is 4.99 Å². The van der Waals surface area contributed by atoms with Gasteiger partial charge in [0.15, 0.2) is 5.96 Å². The van der Waals surface area contributed by atoms with E-state index in [2.05, 4.69) is 22.1 Å². The topological polar surface area (TPSA) is 52.7 Å². The largest absolute Gasteiger partial charge is 0.381 e. The lowest BCUT2D eigenvalue weighted by Crippen LogP contribution is -2.40. The Hall–Kier alpha value is -1.35. The number of halogens is 2. The average molecular weight is 488 g/mol. The number of guanidine groups is 1. The molecule has 1 saturated heterocycles. The van der Waals surface area contributed by atoms with Gasteiger partial charge in [0.1, 0.15) is 5.82 Å². The smallest absolute Gasteiger partial charge is 0.193 e. The van der Waals surface area contributed by atoms with E-state index in [1.807, 2.05) is 13.1 Å². The van der Waals surface area contributed by atoms with E-state index in [1.54, 1.807) is 12.1 Å². The summed E-state index contributed by atoms with van der Waals surface area (Å²) in [5.41, 5.74) is 2.07. The molecular weight excluding hydrogens is 458 g/mol. The monoisotopic (exact) mass is 488 g/mol. The Labute approximate surface area is 177 Å². The second kappa shape index (κ2) is 10.8. The zero-order valence-corrected chi connectivity index (χ0v) is 18.5. The van der Waals surface area contributed by atoms with Crippen LogP contribution in [0.2, 0.25) is 0 Å². The van der Waals surface area contributed by atoms with Crippen molar-refractivity contribution < 1.29 is 9.13 Å². The molecule has 1 atom stereocenters. The fourth-order valence-electron chi connectivity index (χ4n) is 3.51. The summed E-state index contributed by atoms with van der Waals surface area (Å²) in [5.74, 6) is 1.35. The van der Waals surface area contributed by atoms with Gasteiger partial charge in [0.25, 0.3) is 0 Å². The zero-order chi connectivity index (χ0) is 18.4.